The van der Waals surface area contributed by atoms with Crippen molar-refractivity contribution in [3.05, 3.63) is 255 Å². The molecule has 10 aromatic rings. The van der Waals surface area contributed by atoms with Crippen LogP contribution in [0.4, 0.5) is 0 Å². The van der Waals surface area contributed by atoms with Crippen LogP contribution in [0, 0.1) is 27.7 Å². The van der Waals surface area contributed by atoms with Crippen LogP contribution in [0.25, 0.3) is 0 Å². The zero-order valence-corrected chi connectivity index (χ0v) is 75.4. The fourth-order valence-corrected chi connectivity index (χ4v) is 21.4. The molecule has 0 unspecified atom stereocenters. The zero-order valence-electron chi connectivity index (χ0n) is 75.4. The van der Waals surface area contributed by atoms with E-state index < -0.39 is 0 Å². The van der Waals surface area contributed by atoms with E-state index in [0.717, 1.165) is 204 Å². The molecule has 10 aromatic carbocycles. The highest BCUT2D eigenvalue weighted by molar-refractivity contribution is 5.61. The van der Waals surface area contributed by atoms with Crippen molar-refractivity contribution in [3.8, 4) is 92.0 Å². The molecular weight excluding hydrogens is 1560 g/mol. The van der Waals surface area contributed by atoms with Gasteiger partial charge in [0.25, 0.3) is 0 Å². The smallest absolute Gasteiger partial charge is 0.165 e. The maximum atomic E-state index is 10.2. The number of fused-ring (bicyclic) bond motifs is 20. The first-order valence-corrected chi connectivity index (χ1v) is 43.3. The molecule has 0 aromatic heterocycles. The minimum absolute atomic E-state index is 0.209. The summed E-state index contributed by atoms with van der Waals surface area (Å²) >= 11 is 0. The quantitative estimate of drug-likeness (QED) is 0.105. The summed E-state index contributed by atoms with van der Waals surface area (Å²) < 4.78 is 77.2. The Hall–Kier alpha value is -11.2. The summed E-state index contributed by atoms with van der Waals surface area (Å²) in [6, 6.07) is 44.5. The second-order valence-electron chi connectivity index (χ2n) is 34.0. The highest BCUT2D eigenvalue weighted by Gasteiger charge is 2.41. The fourth-order valence-electron chi connectivity index (χ4n) is 21.4. The van der Waals surface area contributed by atoms with E-state index in [1.165, 1.54) is 128 Å². The van der Waals surface area contributed by atoms with Crippen molar-refractivity contribution in [1.82, 2.24) is 24.5 Å². The van der Waals surface area contributed by atoms with Crippen LogP contribution < -0.4 is 66.3 Å². The van der Waals surface area contributed by atoms with E-state index in [-0.39, 0.29) is 17.5 Å². The minimum atomic E-state index is 0.209. The summed E-state index contributed by atoms with van der Waals surface area (Å²) in [6.07, 6.45) is 10.0. The topological polar surface area (TPSA) is 186 Å². The summed E-state index contributed by atoms with van der Waals surface area (Å²) in [5.74, 6) is 12.3. The van der Waals surface area contributed by atoms with Crippen LogP contribution in [0.3, 0.4) is 0 Å². The van der Waals surface area contributed by atoms with Gasteiger partial charge < -0.3 is 76.5 Å². The lowest BCUT2D eigenvalue weighted by Crippen LogP contribution is -2.39. The molecule has 0 fully saturated rings. The first-order chi connectivity index (χ1) is 60.2. The van der Waals surface area contributed by atoms with E-state index in [9.17, 15) is 10.2 Å². The molecule has 0 spiro atoms. The molecule has 2 N–H and O–H groups in total. The number of phenols is 2. The van der Waals surface area contributed by atoms with Crippen molar-refractivity contribution in [2.45, 2.75) is 155 Å². The maximum absolute atomic E-state index is 10.2. The lowest BCUT2D eigenvalue weighted by Gasteiger charge is -2.42. The van der Waals surface area contributed by atoms with Crippen LogP contribution in [0.2, 0.25) is 0 Å². The van der Waals surface area contributed by atoms with Gasteiger partial charge in [0.15, 0.2) is 69.0 Å². The average Bonchev–Trinajstić information content (AvgIpc) is 0.772. The number of hydrogen-bond donors (Lipinski definition) is 2. The highest BCUT2D eigenvalue weighted by Crippen LogP contribution is 2.52. The van der Waals surface area contributed by atoms with Gasteiger partial charge in [0, 0.05) is 123 Å². The van der Waals surface area contributed by atoms with Gasteiger partial charge in [0.1, 0.15) is 23.0 Å². The predicted molar refractivity (Wildman–Crippen MR) is 481 cm³/mol. The number of hydrogen-bond acceptors (Lipinski definition) is 21. The summed E-state index contributed by atoms with van der Waals surface area (Å²) in [7, 11) is 23.8. The van der Waals surface area contributed by atoms with E-state index in [2.05, 4.69) is 125 Å². The Kier molecular flexibility index (Phi) is 25.7. The third kappa shape index (κ3) is 16.2. The molecule has 10 aliphatic rings. The zero-order chi connectivity index (χ0) is 87.1. The lowest BCUT2D eigenvalue weighted by molar-refractivity contribution is 0.157. The molecule has 21 heteroatoms. The van der Waals surface area contributed by atoms with Gasteiger partial charge in [0.2, 0.25) is 0 Å². The second kappa shape index (κ2) is 36.9. The summed E-state index contributed by atoms with van der Waals surface area (Å²) in [4.78, 5) is 12.7. The summed E-state index contributed by atoms with van der Waals surface area (Å²) in [6.45, 7) is 18.0. The van der Waals surface area contributed by atoms with Crippen molar-refractivity contribution in [2.24, 2.45) is 0 Å². The third-order valence-electron chi connectivity index (χ3n) is 27.8. The van der Waals surface area contributed by atoms with Crippen LogP contribution in [0.5, 0.6) is 92.0 Å². The Morgan fingerprint density at radius 2 is 0.427 bits per heavy atom. The third-order valence-corrected chi connectivity index (χ3v) is 27.8. The Balaban J connectivity index is 0.000000115. The largest absolute Gasteiger partial charge is 0.504 e. The molecule has 20 rings (SSSR count). The van der Waals surface area contributed by atoms with Gasteiger partial charge in [-0.05, 0) is 264 Å². The average molecular weight is 1690 g/mol. The van der Waals surface area contributed by atoms with E-state index in [1.807, 2.05) is 42.5 Å². The molecule has 124 heavy (non-hydrogen) atoms. The lowest BCUT2D eigenvalue weighted by atomic mass is 9.83. The predicted octanol–water partition coefficient (Wildman–Crippen LogP) is 17.5. The number of methoxy groups -OCH3 is 14. The van der Waals surface area contributed by atoms with E-state index in [0.29, 0.717) is 35.7 Å². The molecule has 0 radical (unpaired) electrons. The van der Waals surface area contributed by atoms with Crippen LogP contribution in [0.1, 0.15) is 164 Å². The first-order valence-electron chi connectivity index (χ1n) is 43.3. The maximum Gasteiger partial charge on any atom is 0.165 e. The Morgan fingerprint density at radius 3 is 0.653 bits per heavy atom. The number of nitrogens with zero attached hydrogens (tertiary/aromatic N) is 5. The molecule has 0 aliphatic carbocycles. The van der Waals surface area contributed by atoms with Gasteiger partial charge in [-0.2, -0.15) is 0 Å². The summed E-state index contributed by atoms with van der Waals surface area (Å²) in [5.41, 5.74) is 31.5. The van der Waals surface area contributed by atoms with Crippen molar-refractivity contribution >= 4 is 0 Å². The van der Waals surface area contributed by atoms with Crippen LogP contribution in [-0.2, 0) is 96.9 Å². The van der Waals surface area contributed by atoms with Gasteiger partial charge in [-0.3, -0.25) is 24.5 Å². The molecule has 0 amide bonds. The van der Waals surface area contributed by atoms with E-state index >= 15 is 0 Å². The van der Waals surface area contributed by atoms with Gasteiger partial charge >= 0.3 is 0 Å². The van der Waals surface area contributed by atoms with Gasteiger partial charge in [-0.1, -0.05) is 54.6 Å². The number of ether oxygens (including phenoxy) is 14. The normalized spacial score (nSPS) is 18.9. The second-order valence-corrected chi connectivity index (χ2v) is 34.0. The van der Waals surface area contributed by atoms with Crippen LogP contribution >= 0.6 is 0 Å². The first kappa shape index (κ1) is 86.3. The van der Waals surface area contributed by atoms with Crippen molar-refractivity contribution < 1.29 is 76.5 Å². The molecular formula is C103H121N5O16. The molecule has 654 valence electrons. The standard InChI is InChI=1S/3C21H25NO3.C20H23NO4.C20H23NO3/c3*1-13-9-16-15(11-20(13)24-3)7-8-22-12-17-14(10-18(16)22)5-6-19(23-2)21(17)25-4;1-23-18-5-4-12-8-16-14-10-17(22)19(24-2)9-13(14)6-7-21(16)11-15(12)20(18)25-3;1-12-8-15-14(10-19(12)23-2)6-7-21-11-16-13(9-17(15)21)4-5-18(22)20(16)24-3/h3*5-6,9,11,18H,7-8,10,12H2,1-4H3;4-5,9-10,16,22H,6-8,11H2,1-3H3;4-5,8,10,17,22H,6-7,9,11H2,1-3H3/t3*18-;16-;17-/m00000/s1. The molecule has 21 nitrogen and oxygen atoms in total. The molecule has 10 heterocycles. The number of rotatable bonds is 14. The van der Waals surface area contributed by atoms with Gasteiger partial charge in [-0.15, -0.1) is 0 Å². The SMILES string of the molecule is COc1cc2c(cc1C)[C@@H]1Cc3ccc(O)c(OC)c3CN1CC2.COc1cc2c(cc1C)[C@@H]1Cc3ccc(OC)c(OC)c3CN1CC2.COc1cc2c(cc1C)[C@@H]1Cc3ccc(OC)c(OC)c3CN1CC2.COc1cc2c(cc1C)[C@@H]1Cc3ccc(OC)c(OC)c3CN1CC2.COc1cc2c(cc1O)[C@@H]1Cc3ccc(OC)c(OC)c3CN1CC2. The number of aryl methyl sites for hydroxylation is 4. The number of phenolic OH excluding ortho intramolecular Hbond substituents is 2. The van der Waals surface area contributed by atoms with E-state index in [4.69, 9.17) is 66.3 Å². The van der Waals surface area contributed by atoms with Crippen molar-refractivity contribution in [2.75, 3.05) is 132 Å². The van der Waals surface area contributed by atoms with Crippen LogP contribution in [0.15, 0.2) is 121 Å². The summed E-state index contributed by atoms with van der Waals surface area (Å²) in [5, 5.41) is 20.3. The highest BCUT2D eigenvalue weighted by atomic mass is 16.5. The molecule has 10 aliphatic heterocycles. The fraction of sp³-hybridized carbons (Fsp3) is 0.417. The number of aromatic hydroxyl groups is 2. The minimum Gasteiger partial charge on any atom is -0.504 e. The Morgan fingerprint density at radius 1 is 0.218 bits per heavy atom. The molecule has 5 atom stereocenters. The monoisotopic (exact) mass is 1680 g/mol. The number of benzene rings is 10. The molecule has 0 saturated carbocycles. The van der Waals surface area contributed by atoms with Crippen molar-refractivity contribution in [3.63, 3.8) is 0 Å². The molecule has 0 saturated heterocycles. The van der Waals surface area contributed by atoms with Crippen LogP contribution in [-0.4, -0.2) is 167 Å². The van der Waals surface area contributed by atoms with Crippen molar-refractivity contribution in [1.29, 1.82) is 0 Å². The Bertz CT molecular complexity index is 5100. The molecule has 0 bridgehead atoms. The van der Waals surface area contributed by atoms with Gasteiger partial charge in [-0.25, -0.2) is 0 Å². The Labute approximate surface area is 731 Å². The van der Waals surface area contributed by atoms with E-state index in [1.54, 1.807) is 106 Å². The van der Waals surface area contributed by atoms with Gasteiger partial charge in [0.05, 0.1) is 99.5 Å².